The number of aromatic nitrogens is 1. The minimum atomic E-state index is 0.377. The van der Waals surface area contributed by atoms with Crippen LogP contribution in [0, 0.1) is 17.2 Å². The van der Waals surface area contributed by atoms with Gasteiger partial charge in [0.05, 0.1) is 22.3 Å². The van der Waals surface area contributed by atoms with E-state index in [1.165, 1.54) is 67.4 Å². The van der Waals surface area contributed by atoms with Gasteiger partial charge in [0.15, 0.2) is 0 Å². The van der Waals surface area contributed by atoms with Crippen LogP contribution in [0.5, 0.6) is 0 Å². The summed E-state index contributed by atoms with van der Waals surface area (Å²) in [7, 11) is 0. The van der Waals surface area contributed by atoms with E-state index in [1.54, 1.807) is 5.57 Å². The molecule has 4 heteroatoms. The summed E-state index contributed by atoms with van der Waals surface area (Å²) < 4.78 is 8.86. The third-order valence-electron chi connectivity index (χ3n) is 9.78. The smallest absolute Gasteiger partial charge is 0.135 e. The lowest BCUT2D eigenvalue weighted by Crippen LogP contribution is -2.35. The number of allylic oxidation sites excluding steroid dienone is 4. The third-order valence-corrected chi connectivity index (χ3v) is 11.2. The van der Waals surface area contributed by atoms with Crippen molar-refractivity contribution in [2.45, 2.75) is 56.6 Å². The summed E-state index contributed by atoms with van der Waals surface area (Å²) in [6.07, 6.45) is 20.9. The van der Waals surface area contributed by atoms with Crippen molar-refractivity contribution in [3.05, 3.63) is 115 Å². The maximum Gasteiger partial charge on any atom is 0.135 e. The fourth-order valence-corrected chi connectivity index (χ4v) is 9.57. The van der Waals surface area contributed by atoms with E-state index in [2.05, 4.69) is 71.3 Å². The number of furan rings is 1. The normalized spacial score (nSPS) is 22.1. The molecule has 0 radical (unpaired) electrons. The Morgan fingerprint density at radius 1 is 0.976 bits per heavy atom. The van der Waals surface area contributed by atoms with Gasteiger partial charge in [-0.25, -0.2) is 0 Å². The van der Waals surface area contributed by atoms with E-state index in [9.17, 15) is 5.26 Å². The molecule has 2 aromatic heterocycles. The Kier molecular flexibility index (Phi) is 5.23. The molecule has 9 rings (SSSR count). The average molecular weight is 551 g/mol. The lowest BCUT2D eigenvalue weighted by atomic mass is 9.83. The number of aryl methyl sites for hydroxylation is 2. The van der Waals surface area contributed by atoms with Gasteiger partial charge < -0.3 is 8.98 Å². The summed E-state index contributed by atoms with van der Waals surface area (Å²) in [5, 5.41) is 14.5. The second kappa shape index (κ2) is 9.03. The summed E-state index contributed by atoms with van der Waals surface area (Å²) >= 11 is 2.05. The molecule has 0 amide bonds. The number of nitrogens with zero attached hydrogens (tertiary/aromatic N) is 2. The Labute approximate surface area is 243 Å². The van der Waals surface area contributed by atoms with Gasteiger partial charge in [0.25, 0.3) is 0 Å². The maximum atomic E-state index is 10.2. The third kappa shape index (κ3) is 3.39. The van der Waals surface area contributed by atoms with Crippen LogP contribution in [-0.4, -0.2) is 4.57 Å². The van der Waals surface area contributed by atoms with Crippen LogP contribution in [0.2, 0.25) is 0 Å². The van der Waals surface area contributed by atoms with Crippen LogP contribution in [0.1, 0.15) is 77.5 Å². The molecule has 0 N–H and O–H groups in total. The zero-order chi connectivity index (χ0) is 27.1. The Bertz CT molecular complexity index is 2060. The van der Waals surface area contributed by atoms with Crippen molar-refractivity contribution in [1.82, 2.24) is 4.57 Å². The van der Waals surface area contributed by atoms with Crippen LogP contribution in [0.15, 0.2) is 75.6 Å². The lowest BCUT2D eigenvalue weighted by molar-refractivity contribution is 0.506. The first-order valence-corrected chi connectivity index (χ1v) is 15.9. The predicted octanol–water partition coefficient (Wildman–Crippen LogP) is 7.78. The van der Waals surface area contributed by atoms with E-state index in [0.29, 0.717) is 16.7 Å². The van der Waals surface area contributed by atoms with E-state index in [-0.39, 0.29) is 0 Å². The van der Waals surface area contributed by atoms with Gasteiger partial charge in [-0.2, -0.15) is 5.26 Å². The van der Waals surface area contributed by atoms with Crippen LogP contribution in [-0.2, 0) is 12.8 Å². The van der Waals surface area contributed by atoms with E-state index >= 15 is 0 Å². The molecule has 0 saturated carbocycles. The van der Waals surface area contributed by atoms with Crippen molar-refractivity contribution in [2.24, 2.45) is 5.92 Å². The van der Waals surface area contributed by atoms with Crippen molar-refractivity contribution >= 4 is 40.5 Å². The molecule has 3 nitrogen and oxygen atoms in total. The van der Waals surface area contributed by atoms with Crippen molar-refractivity contribution in [3.63, 3.8) is 0 Å². The Morgan fingerprint density at radius 3 is 2.85 bits per heavy atom. The van der Waals surface area contributed by atoms with E-state index in [0.717, 1.165) is 49.8 Å². The summed E-state index contributed by atoms with van der Waals surface area (Å²) in [6.45, 7) is 0. The lowest BCUT2D eigenvalue weighted by Gasteiger charge is -2.24. The number of benzene rings is 2. The van der Waals surface area contributed by atoms with E-state index in [1.807, 2.05) is 23.9 Å². The highest BCUT2D eigenvalue weighted by Gasteiger charge is 2.40. The van der Waals surface area contributed by atoms with Gasteiger partial charge in [-0.3, -0.25) is 0 Å². The summed E-state index contributed by atoms with van der Waals surface area (Å²) in [6, 6.07) is 17.5. The molecule has 0 fully saturated rings. The molecular weight excluding hydrogens is 520 g/mol. The molecule has 2 aromatic carbocycles. The van der Waals surface area contributed by atoms with Gasteiger partial charge >= 0.3 is 0 Å². The Morgan fingerprint density at radius 2 is 1.90 bits per heavy atom. The monoisotopic (exact) mass is 550 g/mol. The highest BCUT2D eigenvalue weighted by molar-refractivity contribution is 8.03. The van der Waals surface area contributed by atoms with E-state index < -0.39 is 0 Å². The molecule has 2 unspecified atom stereocenters. The van der Waals surface area contributed by atoms with Gasteiger partial charge in [-0.05, 0) is 91.5 Å². The minimum Gasteiger partial charge on any atom is -0.461 e. The number of hydrogen-bond donors (Lipinski definition) is 0. The van der Waals surface area contributed by atoms with Gasteiger partial charge in [0, 0.05) is 38.7 Å². The van der Waals surface area contributed by atoms with Crippen LogP contribution in [0.4, 0.5) is 0 Å². The molecular formula is C37H30N2OS. The molecule has 41 heavy (non-hydrogen) atoms. The molecule has 1 aliphatic heterocycles. The average Bonchev–Trinajstić information content (AvgIpc) is 3.69. The van der Waals surface area contributed by atoms with Crippen LogP contribution in [0.3, 0.4) is 0 Å². The number of nitriles is 1. The van der Waals surface area contributed by atoms with Crippen molar-refractivity contribution in [2.75, 3.05) is 0 Å². The first kappa shape index (κ1) is 23.7. The number of para-hydroxylation sites is 1. The zero-order valence-electron chi connectivity index (χ0n) is 23.0. The standard InChI is InChI=1S/C37H30N2OS/c38-21-23-8-1-4-13-30(23)39-31-19-18-28-27-10-3-6-15-34(27)41-37(28)35(31)29-12-7-11-24(36(29)39)22-16-17-26-25-9-2-5-14-32(25)40-33(26)20-22/h1,4,6,8,12-13,15-20,28,37H,2-3,5,7,9-11,14H2. The Hall–Kier alpha value is -3.94. The first-order chi connectivity index (χ1) is 20.3. The quantitative estimate of drug-likeness (QED) is 0.256. The molecule has 200 valence electrons. The molecule has 5 aliphatic rings. The van der Waals surface area contributed by atoms with Crippen LogP contribution >= 0.6 is 11.8 Å². The topological polar surface area (TPSA) is 41.9 Å². The highest BCUT2D eigenvalue weighted by atomic mass is 32.2. The van der Waals surface area contributed by atoms with Crippen molar-refractivity contribution < 1.29 is 4.42 Å². The minimum absolute atomic E-state index is 0.377. The van der Waals surface area contributed by atoms with Gasteiger partial charge in [0.2, 0.25) is 0 Å². The summed E-state index contributed by atoms with van der Waals surface area (Å²) in [4.78, 5) is 1.47. The van der Waals surface area contributed by atoms with Gasteiger partial charge in [-0.15, -0.1) is 11.8 Å². The van der Waals surface area contributed by atoms with Gasteiger partial charge in [0.1, 0.15) is 17.4 Å². The molecule has 2 atom stereocenters. The number of rotatable bonds is 2. The second-order valence-electron chi connectivity index (χ2n) is 11.9. The number of thioether (sulfide) groups is 1. The van der Waals surface area contributed by atoms with Crippen LogP contribution < -0.4 is 10.6 Å². The predicted molar refractivity (Wildman–Crippen MR) is 167 cm³/mol. The maximum absolute atomic E-state index is 10.2. The van der Waals surface area contributed by atoms with Gasteiger partial charge in [-0.1, -0.05) is 48.6 Å². The Balaban J connectivity index is 1.33. The molecule has 4 aliphatic carbocycles. The first-order valence-electron chi connectivity index (χ1n) is 15.1. The fourth-order valence-electron chi connectivity index (χ4n) is 7.97. The largest absolute Gasteiger partial charge is 0.461 e. The molecule has 0 spiro atoms. The van der Waals surface area contributed by atoms with Crippen molar-refractivity contribution in [3.8, 4) is 11.8 Å². The van der Waals surface area contributed by atoms with Crippen LogP contribution in [0.25, 0.3) is 34.4 Å². The molecule has 3 heterocycles. The summed E-state index contributed by atoms with van der Waals surface area (Å²) in [5.74, 6) is 1.64. The fraction of sp³-hybridized carbons (Fsp3) is 0.270. The molecule has 0 bridgehead atoms. The number of fused-ring (bicyclic) bond motifs is 9. The summed E-state index contributed by atoms with van der Waals surface area (Å²) in [5.41, 5.74) is 11.0. The SMILES string of the molecule is N#Cc1ccccc1-n1c2c(c3c1=C(c1ccc4c5c(oc4c1)CCCC5)CCC=3)C1SC3=C(CCC=C3)C1C=C2. The zero-order valence-corrected chi connectivity index (χ0v) is 23.8. The highest BCUT2D eigenvalue weighted by Crippen LogP contribution is 2.56. The molecule has 0 saturated heterocycles. The molecule has 4 aromatic rings. The van der Waals surface area contributed by atoms with Crippen molar-refractivity contribution in [1.29, 1.82) is 5.26 Å². The number of hydrogen-bond acceptors (Lipinski definition) is 3. The second-order valence-corrected chi connectivity index (χ2v) is 13.1. The van der Waals surface area contributed by atoms with E-state index in [4.69, 9.17) is 4.42 Å².